The summed E-state index contributed by atoms with van der Waals surface area (Å²) >= 11 is 0. The molecule has 0 fully saturated rings. The van der Waals surface area contributed by atoms with Gasteiger partial charge in [0.25, 0.3) is 0 Å². The van der Waals surface area contributed by atoms with Crippen molar-refractivity contribution in [2.24, 2.45) is 5.73 Å². The van der Waals surface area contributed by atoms with Crippen LogP contribution in [-0.2, 0) is 0 Å². The minimum Gasteiger partial charge on any atom is -0.391 e. The Hall–Kier alpha value is -0.930. The first-order valence-corrected chi connectivity index (χ1v) is 4.34. The van der Waals surface area contributed by atoms with Crippen LogP contribution in [0, 0.1) is 5.82 Å². The first kappa shape index (κ1) is 10.2. The van der Waals surface area contributed by atoms with Gasteiger partial charge in [0.2, 0.25) is 0 Å². The molecule has 1 aromatic carbocycles. The van der Waals surface area contributed by atoms with E-state index in [0.717, 1.165) is 5.56 Å². The quantitative estimate of drug-likeness (QED) is 0.747. The van der Waals surface area contributed by atoms with Crippen molar-refractivity contribution in [2.45, 2.75) is 25.5 Å². The van der Waals surface area contributed by atoms with Gasteiger partial charge < -0.3 is 10.8 Å². The Morgan fingerprint density at radius 1 is 1.38 bits per heavy atom. The normalized spacial score (nSPS) is 15.4. The Morgan fingerprint density at radius 2 is 1.92 bits per heavy atom. The maximum absolute atomic E-state index is 12.5. The Kier molecular flexibility index (Phi) is 3.39. The molecule has 2 atom stereocenters. The van der Waals surface area contributed by atoms with E-state index in [1.54, 1.807) is 12.1 Å². The summed E-state index contributed by atoms with van der Waals surface area (Å²) in [5, 5.41) is 9.43. The van der Waals surface area contributed by atoms with Crippen molar-refractivity contribution in [1.82, 2.24) is 0 Å². The molecule has 1 aromatic rings. The van der Waals surface area contributed by atoms with E-state index in [2.05, 4.69) is 0 Å². The molecule has 0 saturated carbocycles. The third-order valence-electron chi connectivity index (χ3n) is 2.09. The SMILES string of the molecule is CC[C@@H](O)[C@@H](N)c1ccc(F)cc1. The van der Waals surface area contributed by atoms with Crippen molar-refractivity contribution in [1.29, 1.82) is 0 Å². The minimum atomic E-state index is -0.564. The molecule has 1 rings (SSSR count). The molecule has 3 N–H and O–H groups in total. The largest absolute Gasteiger partial charge is 0.391 e. The lowest BCUT2D eigenvalue weighted by Gasteiger charge is -2.17. The molecule has 2 nitrogen and oxygen atoms in total. The van der Waals surface area contributed by atoms with Crippen molar-refractivity contribution >= 4 is 0 Å². The summed E-state index contributed by atoms with van der Waals surface area (Å²) in [4.78, 5) is 0. The smallest absolute Gasteiger partial charge is 0.123 e. The molecule has 0 spiro atoms. The highest BCUT2D eigenvalue weighted by atomic mass is 19.1. The number of rotatable bonds is 3. The van der Waals surface area contributed by atoms with Gasteiger partial charge >= 0.3 is 0 Å². The van der Waals surface area contributed by atoms with Crippen LogP contribution < -0.4 is 5.73 Å². The maximum Gasteiger partial charge on any atom is 0.123 e. The number of halogens is 1. The monoisotopic (exact) mass is 183 g/mol. The van der Waals surface area contributed by atoms with Gasteiger partial charge in [-0.15, -0.1) is 0 Å². The second kappa shape index (κ2) is 4.35. The lowest BCUT2D eigenvalue weighted by atomic mass is 10.0. The van der Waals surface area contributed by atoms with Crippen LogP contribution in [0.15, 0.2) is 24.3 Å². The van der Waals surface area contributed by atoms with E-state index in [1.807, 2.05) is 6.92 Å². The van der Waals surface area contributed by atoms with Crippen molar-refractivity contribution in [3.8, 4) is 0 Å². The zero-order valence-corrected chi connectivity index (χ0v) is 7.57. The average Bonchev–Trinajstić information content (AvgIpc) is 2.17. The van der Waals surface area contributed by atoms with E-state index >= 15 is 0 Å². The Morgan fingerprint density at radius 3 is 2.38 bits per heavy atom. The molecule has 0 aliphatic rings. The van der Waals surface area contributed by atoms with E-state index < -0.39 is 12.1 Å². The third-order valence-corrected chi connectivity index (χ3v) is 2.09. The molecule has 72 valence electrons. The summed E-state index contributed by atoms with van der Waals surface area (Å²) < 4.78 is 12.5. The van der Waals surface area contributed by atoms with Crippen LogP contribution in [-0.4, -0.2) is 11.2 Å². The molecule has 0 bridgehead atoms. The first-order valence-electron chi connectivity index (χ1n) is 4.34. The lowest BCUT2D eigenvalue weighted by molar-refractivity contribution is 0.140. The van der Waals surface area contributed by atoms with Crippen LogP contribution in [0.1, 0.15) is 24.9 Å². The van der Waals surface area contributed by atoms with Gasteiger partial charge in [0, 0.05) is 0 Å². The topological polar surface area (TPSA) is 46.2 Å². The minimum absolute atomic E-state index is 0.290. The molecule has 3 heteroatoms. The van der Waals surface area contributed by atoms with Crippen LogP contribution in [0.2, 0.25) is 0 Å². The van der Waals surface area contributed by atoms with Gasteiger partial charge in [0.05, 0.1) is 12.1 Å². The number of hydrogen-bond donors (Lipinski definition) is 2. The predicted octanol–water partition coefficient (Wildman–Crippen LogP) is 1.60. The summed E-state index contributed by atoms with van der Waals surface area (Å²) in [7, 11) is 0. The number of aliphatic hydroxyl groups excluding tert-OH is 1. The Labute approximate surface area is 77.2 Å². The molecule has 0 aliphatic heterocycles. The number of hydrogen-bond acceptors (Lipinski definition) is 2. The van der Waals surface area contributed by atoms with E-state index in [9.17, 15) is 9.50 Å². The second-order valence-electron chi connectivity index (χ2n) is 3.05. The highest BCUT2D eigenvalue weighted by Crippen LogP contribution is 2.16. The number of aliphatic hydroxyl groups is 1. The summed E-state index contributed by atoms with van der Waals surface area (Å²) in [6, 6.07) is 5.46. The first-order chi connectivity index (χ1) is 6.15. The highest BCUT2D eigenvalue weighted by molar-refractivity contribution is 5.20. The third kappa shape index (κ3) is 2.50. The second-order valence-corrected chi connectivity index (χ2v) is 3.05. The van der Waals surface area contributed by atoms with Crippen molar-refractivity contribution in [3.63, 3.8) is 0 Å². The van der Waals surface area contributed by atoms with Gasteiger partial charge in [-0.2, -0.15) is 0 Å². The van der Waals surface area contributed by atoms with Gasteiger partial charge in [-0.3, -0.25) is 0 Å². The van der Waals surface area contributed by atoms with Gasteiger partial charge in [0.1, 0.15) is 5.82 Å². The molecule has 13 heavy (non-hydrogen) atoms. The van der Waals surface area contributed by atoms with Crippen molar-refractivity contribution in [3.05, 3.63) is 35.6 Å². The lowest BCUT2D eigenvalue weighted by Crippen LogP contribution is -2.25. The van der Waals surface area contributed by atoms with Crippen molar-refractivity contribution in [2.75, 3.05) is 0 Å². The van der Waals surface area contributed by atoms with Crippen LogP contribution in [0.5, 0.6) is 0 Å². The summed E-state index contributed by atoms with van der Waals surface area (Å²) in [5.41, 5.74) is 6.49. The van der Waals surface area contributed by atoms with Gasteiger partial charge in [-0.25, -0.2) is 4.39 Å². The average molecular weight is 183 g/mol. The van der Waals surface area contributed by atoms with Gasteiger partial charge in [-0.05, 0) is 24.1 Å². The number of benzene rings is 1. The van der Waals surface area contributed by atoms with E-state index in [1.165, 1.54) is 12.1 Å². The molecular weight excluding hydrogens is 169 g/mol. The van der Waals surface area contributed by atoms with Crippen LogP contribution >= 0.6 is 0 Å². The fourth-order valence-corrected chi connectivity index (χ4v) is 1.16. The Balaban J connectivity index is 2.77. The standard InChI is InChI=1S/C10H14FNO/c1-2-9(13)10(12)7-3-5-8(11)6-4-7/h3-6,9-10,13H,2,12H2,1H3/t9-,10+/m1/s1. The summed E-state index contributed by atoms with van der Waals surface area (Å²) in [5.74, 6) is -0.290. The zero-order valence-electron chi connectivity index (χ0n) is 7.57. The molecule has 0 heterocycles. The van der Waals surface area contributed by atoms with Gasteiger partial charge in [-0.1, -0.05) is 19.1 Å². The fourth-order valence-electron chi connectivity index (χ4n) is 1.16. The molecule has 0 aliphatic carbocycles. The summed E-state index contributed by atoms with van der Waals surface area (Å²) in [6.45, 7) is 1.86. The van der Waals surface area contributed by atoms with Crippen LogP contribution in [0.4, 0.5) is 4.39 Å². The number of nitrogens with two attached hydrogens (primary N) is 1. The fraction of sp³-hybridized carbons (Fsp3) is 0.400. The molecule has 0 amide bonds. The maximum atomic E-state index is 12.5. The van der Waals surface area contributed by atoms with Crippen LogP contribution in [0.3, 0.4) is 0 Å². The summed E-state index contributed by atoms with van der Waals surface area (Å²) in [6.07, 6.45) is 0.0314. The highest BCUT2D eigenvalue weighted by Gasteiger charge is 2.14. The molecule has 0 radical (unpaired) electrons. The predicted molar refractivity (Wildman–Crippen MR) is 49.6 cm³/mol. The molecule has 0 aromatic heterocycles. The molecule has 0 saturated heterocycles. The van der Waals surface area contributed by atoms with E-state index in [-0.39, 0.29) is 5.82 Å². The molecular formula is C10H14FNO. The van der Waals surface area contributed by atoms with Gasteiger partial charge in [0.15, 0.2) is 0 Å². The van der Waals surface area contributed by atoms with E-state index in [0.29, 0.717) is 6.42 Å². The Bertz CT molecular complexity index is 260. The van der Waals surface area contributed by atoms with Crippen LogP contribution in [0.25, 0.3) is 0 Å². The molecule has 0 unspecified atom stereocenters. The van der Waals surface area contributed by atoms with E-state index in [4.69, 9.17) is 5.73 Å². The van der Waals surface area contributed by atoms with Crippen molar-refractivity contribution < 1.29 is 9.50 Å². The zero-order chi connectivity index (χ0) is 9.84.